The van der Waals surface area contributed by atoms with E-state index in [1.54, 1.807) is 52.0 Å². The third-order valence-corrected chi connectivity index (χ3v) is 5.14. The number of amides is 1. The fraction of sp³-hybridized carbons (Fsp3) is 0.0476. The number of benzene rings is 1. The molecule has 0 saturated carbocycles. The number of hydrogen-bond donors (Lipinski definition) is 1. The monoisotopic (exact) mass is 447 g/mol. The highest BCUT2D eigenvalue weighted by molar-refractivity contribution is 7.07. The Hall–Kier alpha value is -4.25. The van der Waals surface area contributed by atoms with Gasteiger partial charge in [0.1, 0.15) is 35.0 Å². The van der Waals surface area contributed by atoms with Gasteiger partial charge in [-0.3, -0.25) is 9.48 Å². The molecule has 1 N–H and O–H groups in total. The Balaban J connectivity index is 1.49. The number of nitrogens with one attached hydrogen (secondary N) is 1. The largest absolute Gasteiger partial charge is 0.364 e. The van der Waals surface area contributed by atoms with Gasteiger partial charge in [0.25, 0.3) is 5.91 Å². The molecule has 0 aliphatic carbocycles. The standard InChI is InChI=1S/C21H14FN7O2S/c22-14-4-2-1-3-13(14)10-29-18(15-6-8-31-28-15)9-16(27-29)20-23-7-5-19(25-20)26-21(30)17-11-32-12-24-17/h1-9,11-12H,10H2,(H,23,25,26,30). The molecule has 4 aromatic heterocycles. The maximum atomic E-state index is 14.2. The Morgan fingerprint density at radius 3 is 2.84 bits per heavy atom. The van der Waals surface area contributed by atoms with Crippen molar-refractivity contribution in [1.82, 2.24) is 29.9 Å². The van der Waals surface area contributed by atoms with Gasteiger partial charge in [0, 0.05) is 23.2 Å². The molecule has 5 aromatic rings. The Morgan fingerprint density at radius 1 is 1.16 bits per heavy atom. The summed E-state index contributed by atoms with van der Waals surface area (Å²) in [6.07, 6.45) is 2.96. The minimum Gasteiger partial charge on any atom is -0.364 e. The number of carbonyl (C=O) groups excluding carboxylic acids is 1. The lowest BCUT2D eigenvalue weighted by Crippen LogP contribution is -2.13. The highest BCUT2D eigenvalue weighted by Crippen LogP contribution is 2.25. The van der Waals surface area contributed by atoms with Crippen LogP contribution in [0.1, 0.15) is 16.1 Å². The molecular formula is C21H14FN7O2S. The van der Waals surface area contributed by atoms with E-state index in [2.05, 4.69) is 30.5 Å². The van der Waals surface area contributed by atoms with E-state index in [0.717, 1.165) is 0 Å². The van der Waals surface area contributed by atoms with E-state index in [1.807, 2.05) is 0 Å². The number of hydrogen-bond acceptors (Lipinski definition) is 8. The molecule has 0 aliphatic rings. The van der Waals surface area contributed by atoms with Crippen molar-refractivity contribution in [1.29, 1.82) is 0 Å². The van der Waals surface area contributed by atoms with Gasteiger partial charge in [-0.05, 0) is 18.2 Å². The van der Waals surface area contributed by atoms with E-state index in [4.69, 9.17) is 4.52 Å². The van der Waals surface area contributed by atoms with Crippen LogP contribution in [0.25, 0.3) is 22.9 Å². The van der Waals surface area contributed by atoms with Crippen molar-refractivity contribution in [3.05, 3.63) is 82.9 Å². The molecular weight excluding hydrogens is 433 g/mol. The van der Waals surface area contributed by atoms with Crippen LogP contribution >= 0.6 is 11.3 Å². The van der Waals surface area contributed by atoms with Crippen LogP contribution in [0.3, 0.4) is 0 Å². The smallest absolute Gasteiger partial charge is 0.276 e. The molecule has 9 nitrogen and oxygen atoms in total. The lowest BCUT2D eigenvalue weighted by Gasteiger charge is -2.06. The Kier molecular flexibility index (Phi) is 5.22. The summed E-state index contributed by atoms with van der Waals surface area (Å²) >= 11 is 1.33. The first-order valence-corrected chi connectivity index (χ1v) is 10.4. The molecule has 0 fully saturated rings. The maximum Gasteiger partial charge on any atom is 0.276 e. The quantitative estimate of drug-likeness (QED) is 0.420. The Labute approximate surface area is 184 Å². The molecule has 0 unspecified atom stereocenters. The van der Waals surface area contributed by atoms with E-state index in [1.165, 1.54) is 29.9 Å². The summed E-state index contributed by atoms with van der Waals surface area (Å²) in [6, 6.07) is 11.5. The van der Waals surface area contributed by atoms with Crippen LogP contribution in [0, 0.1) is 5.82 Å². The minimum absolute atomic E-state index is 0.176. The number of nitrogens with zero attached hydrogens (tertiary/aromatic N) is 6. The van der Waals surface area contributed by atoms with Crippen LogP contribution in [-0.4, -0.2) is 35.8 Å². The fourth-order valence-corrected chi connectivity index (χ4v) is 3.57. The minimum atomic E-state index is -0.371. The zero-order valence-electron chi connectivity index (χ0n) is 16.3. The second-order valence-corrected chi connectivity index (χ2v) is 7.36. The van der Waals surface area contributed by atoms with Crippen LogP contribution in [0.4, 0.5) is 10.2 Å². The lowest BCUT2D eigenvalue weighted by atomic mass is 10.2. The summed E-state index contributed by atoms with van der Waals surface area (Å²) in [5, 5.41) is 12.9. The highest BCUT2D eigenvalue weighted by atomic mass is 32.1. The van der Waals surface area contributed by atoms with Gasteiger partial charge in [-0.1, -0.05) is 23.4 Å². The van der Waals surface area contributed by atoms with Crippen LogP contribution in [0.15, 0.2) is 70.3 Å². The average Bonchev–Trinajstić information content (AvgIpc) is 3.57. The Bertz CT molecular complexity index is 1370. The molecule has 5 rings (SSSR count). The molecule has 32 heavy (non-hydrogen) atoms. The second-order valence-electron chi connectivity index (χ2n) is 6.64. The molecule has 0 aliphatic heterocycles. The van der Waals surface area contributed by atoms with Gasteiger partial charge in [-0.25, -0.2) is 19.3 Å². The zero-order valence-corrected chi connectivity index (χ0v) is 17.2. The summed E-state index contributed by atoms with van der Waals surface area (Å²) in [7, 11) is 0. The van der Waals surface area contributed by atoms with Gasteiger partial charge < -0.3 is 9.84 Å². The number of rotatable bonds is 6. The predicted octanol–water partition coefficient (Wildman–Crippen LogP) is 3.89. The molecule has 4 heterocycles. The highest BCUT2D eigenvalue weighted by Gasteiger charge is 2.17. The first kappa shape index (κ1) is 19.7. The van der Waals surface area contributed by atoms with E-state index in [9.17, 15) is 9.18 Å². The van der Waals surface area contributed by atoms with Gasteiger partial charge in [-0.2, -0.15) is 5.10 Å². The summed E-state index contributed by atoms with van der Waals surface area (Å²) in [6.45, 7) is 0.176. The van der Waals surface area contributed by atoms with Crippen molar-refractivity contribution in [2.24, 2.45) is 0 Å². The summed E-state index contributed by atoms with van der Waals surface area (Å²) < 4.78 is 20.8. The first-order chi connectivity index (χ1) is 15.7. The number of carbonyl (C=O) groups is 1. The molecule has 1 amide bonds. The van der Waals surface area contributed by atoms with Gasteiger partial charge in [0.15, 0.2) is 5.82 Å². The van der Waals surface area contributed by atoms with E-state index in [-0.39, 0.29) is 24.1 Å². The second kappa shape index (κ2) is 8.47. The van der Waals surface area contributed by atoms with Crippen molar-refractivity contribution >= 4 is 23.1 Å². The van der Waals surface area contributed by atoms with Crippen LogP contribution in [-0.2, 0) is 6.54 Å². The van der Waals surface area contributed by atoms with Crippen molar-refractivity contribution in [2.45, 2.75) is 6.54 Å². The van der Waals surface area contributed by atoms with Gasteiger partial charge in [0.05, 0.1) is 17.7 Å². The van der Waals surface area contributed by atoms with Crippen LogP contribution in [0.5, 0.6) is 0 Å². The van der Waals surface area contributed by atoms with Crippen LogP contribution < -0.4 is 5.32 Å². The third kappa shape index (κ3) is 4.01. The van der Waals surface area contributed by atoms with Gasteiger partial charge >= 0.3 is 0 Å². The number of aromatic nitrogens is 6. The van der Waals surface area contributed by atoms with E-state index in [0.29, 0.717) is 34.2 Å². The zero-order chi connectivity index (χ0) is 21.9. The average molecular weight is 447 g/mol. The first-order valence-electron chi connectivity index (χ1n) is 9.42. The predicted molar refractivity (Wildman–Crippen MR) is 114 cm³/mol. The number of halogens is 1. The topological polar surface area (TPSA) is 112 Å². The summed E-state index contributed by atoms with van der Waals surface area (Å²) in [5.74, 6) is -0.110. The number of anilines is 1. The molecule has 0 bridgehead atoms. The van der Waals surface area contributed by atoms with E-state index >= 15 is 0 Å². The normalized spacial score (nSPS) is 10.9. The molecule has 11 heteroatoms. The molecule has 0 atom stereocenters. The van der Waals surface area contributed by atoms with E-state index < -0.39 is 0 Å². The summed E-state index contributed by atoms with van der Waals surface area (Å²) in [4.78, 5) is 24.9. The molecule has 158 valence electrons. The fourth-order valence-electron chi connectivity index (χ4n) is 3.04. The van der Waals surface area contributed by atoms with Crippen molar-refractivity contribution in [2.75, 3.05) is 5.32 Å². The molecule has 0 radical (unpaired) electrons. The van der Waals surface area contributed by atoms with Crippen molar-refractivity contribution in [3.8, 4) is 22.9 Å². The molecule has 0 spiro atoms. The third-order valence-electron chi connectivity index (χ3n) is 4.55. The number of thiazole rings is 1. The maximum absolute atomic E-state index is 14.2. The SMILES string of the molecule is O=C(Nc1ccnc(-c2cc(-c3ccon3)n(Cc3ccccc3F)n2)n1)c1cscn1. The summed E-state index contributed by atoms with van der Waals surface area (Å²) in [5.41, 5.74) is 3.93. The van der Waals surface area contributed by atoms with Crippen molar-refractivity contribution in [3.63, 3.8) is 0 Å². The van der Waals surface area contributed by atoms with Crippen molar-refractivity contribution < 1.29 is 13.7 Å². The van der Waals surface area contributed by atoms with Gasteiger partial charge in [-0.15, -0.1) is 11.3 Å². The van der Waals surface area contributed by atoms with Gasteiger partial charge in [0.2, 0.25) is 0 Å². The van der Waals surface area contributed by atoms with Crippen LogP contribution in [0.2, 0.25) is 0 Å². The Morgan fingerprint density at radius 2 is 2.06 bits per heavy atom. The molecule has 0 saturated heterocycles. The molecule has 1 aromatic carbocycles. The lowest BCUT2D eigenvalue weighted by molar-refractivity contribution is 0.102.